The molecule has 1 fully saturated rings. The Kier molecular flexibility index (Phi) is 5.11. The molecule has 4 rings (SSSR count). The molecule has 0 saturated carbocycles. The van der Waals surface area contributed by atoms with Gasteiger partial charge in [0.1, 0.15) is 5.69 Å². The van der Waals surface area contributed by atoms with Crippen LogP contribution in [0.5, 0.6) is 0 Å². The molecule has 3 N–H and O–H groups in total. The van der Waals surface area contributed by atoms with Crippen molar-refractivity contribution in [2.45, 2.75) is 52.0 Å². The maximum atomic E-state index is 12.3. The van der Waals surface area contributed by atoms with E-state index in [4.69, 9.17) is 9.72 Å². The molecule has 144 valence electrons. The molecule has 0 radical (unpaired) electrons. The molecule has 0 amide bonds. The standard InChI is InChI=1S/C20H27N5O2/c1-3-27-19(26)17-12(2)16-15(24-17)8-4-6-13-10-22-20(25-18(13)16)23-14-7-5-9-21-11-14/h10,14,21,24H,3-9,11H2,1-2H3,(H,22,23,25)/t14-/m0/s1. The maximum absolute atomic E-state index is 12.3. The minimum atomic E-state index is -0.301. The minimum absolute atomic E-state index is 0.301. The quantitative estimate of drug-likeness (QED) is 0.718. The summed E-state index contributed by atoms with van der Waals surface area (Å²) in [6.45, 7) is 6.16. The Morgan fingerprint density at radius 2 is 2.26 bits per heavy atom. The van der Waals surface area contributed by atoms with Crippen LogP contribution in [0, 0.1) is 6.92 Å². The third-order valence-electron chi connectivity index (χ3n) is 5.41. The van der Waals surface area contributed by atoms with E-state index in [1.165, 1.54) is 0 Å². The number of aryl methyl sites for hydroxylation is 2. The van der Waals surface area contributed by atoms with E-state index in [0.717, 1.165) is 73.3 Å². The van der Waals surface area contributed by atoms with E-state index in [1.807, 2.05) is 20.0 Å². The highest BCUT2D eigenvalue weighted by molar-refractivity contribution is 5.93. The molecule has 2 aromatic heterocycles. The van der Waals surface area contributed by atoms with E-state index >= 15 is 0 Å². The van der Waals surface area contributed by atoms with Gasteiger partial charge in [0, 0.05) is 30.0 Å². The van der Waals surface area contributed by atoms with Gasteiger partial charge in [-0.3, -0.25) is 0 Å². The molecule has 1 aliphatic carbocycles. The highest BCUT2D eigenvalue weighted by Crippen LogP contribution is 2.35. The number of hydrogen-bond acceptors (Lipinski definition) is 6. The van der Waals surface area contributed by atoms with Gasteiger partial charge < -0.3 is 20.4 Å². The molecule has 2 aliphatic rings. The van der Waals surface area contributed by atoms with Gasteiger partial charge in [-0.1, -0.05) is 0 Å². The fraction of sp³-hybridized carbons (Fsp3) is 0.550. The van der Waals surface area contributed by atoms with Gasteiger partial charge in [-0.25, -0.2) is 14.8 Å². The van der Waals surface area contributed by atoms with Crippen LogP contribution in [0.25, 0.3) is 11.3 Å². The average Bonchev–Trinajstić information content (AvgIpc) is 2.89. The summed E-state index contributed by atoms with van der Waals surface area (Å²) in [6, 6.07) is 0.351. The summed E-state index contributed by atoms with van der Waals surface area (Å²) in [6.07, 6.45) is 7.05. The monoisotopic (exact) mass is 369 g/mol. The van der Waals surface area contributed by atoms with Gasteiger partial charge in [0.2, 0.25) is 5.95 Å². The van der Waals surface area contributed by atoms with Gasteiger partial charge in [-0.05, 0) is 63.6 Å². The summed E-state index contributed by atoms with van der Waals surface area (Å²) in [4.78, 5) is 25.0. The van der Waals surface area contributed by atoms with Crippen molar-refractivity contribution in [3.63, 3.8) is 0 Å². The molecule has 2 aromatic rings. The van der Waals surface area contributed by atoms with E-state index < -0.39 is 0 Å². The first-order valence-corrected chi connectivity index (χ1v) is 9.89. The highest BCUT2D eigenvalue weighted by Gasteiger charge is 2.26. The van der Waals surface area contributed by atoms with Gasteiger partial charge in [0.15, 0.2) is 0 Å². The van der Waals surface area contributed by atoms with Crippen molar-refractivity contribution in [3.8, 4) is 11.3 Å². The largest absolute Gasteiger partial charge is 0.461 e. The first-order chi connectivity index (χ1) is 13.2. The molecular formula is C20H27N5O2. The number of H-pyrrole nitrogens is 1. The Morgan fingerprint density at radius 1 is 1.37 bits per heavy atom. The van der Waals surface area contributed by atoms with Crippen LogP contribution in [0.3, 0.4) is 0 Å². The number of ether oxygens (including phenoxy) is 1. The second-order valence-corrected chi connectivity index (χ2v) is 7.31. The molecule has 0 spiro atoms. The molecule has 0 unspecified atom stereocenters. The van der Waals surface area contributed by atoms with E-state index in [2.05, 4.69) is 20.6 Å². The zero-order valence-electron chi connectivity index (χ0n) is 16.0. The molecule has 1 saturated heterocycles. The number of rotatable bonds is 4. The van der Waals surface area contributed by atoms with Gasteiger partial charge in [-0.15, -0.1) is 0 Å². The zero-order chi connectivity index (χ0) is 18.8. The van der Waals surface area contributed by atoms with E-state index in [0.29, 0.717) is 24.3 Å². The zero-order valence-corrected chi connectivity index (χ0v) is 16.0. The molecular weight excluding hydrogens is 342 g/mol. The van der Waals surface area contributed by atoms with Crippen LogP contribution in [0.1, 0.15) is 53.5 Å². The SMILES string of the molecule is CCOC(=O)c1[nH]c2c(c1C)-c1nc(N[C@H]3CCCNC3)ncc1CCC2. The summed E-state index contributed by atoms with van der Waals surface area (Å²) < 4.78 is 5.21. The Labute approximate surface area is 159 Å². The van der Waals surface area contributed by atoms with Crippen LogP contribution in [0.2, 0.25) is 0 Å². The van der Waals surface area contributed by atoms with E-state index in [-0.39, 0.29) is 5.97 Å². The van der Waals surface area contributed by atoms with E-state index in [1.54, 1.807) is 0 Å². The number of aromatic nitrogens is 3. The summed E-state index contributed by atoms with van der Waals surface area (Å²) in [5.41, 5.74) is 5.64. The second-order valence-electron chi connectivity index (χ2n) is 7.31. The number of esters is 1. The molecule has 7 heteroatoms. The van der Waals surface area contributed by atoms with Crippen LogP contribution in [-0.2, 0) is 17.6 Å². The third kappa shape index (κ3) is 3.56. The Bertz CT molecular complexity index is 839. The molecule has 1 aliphatic heterocycles. The predicted molar refractivity (Wildman–Crippen MR) is 104 cm³/mol. The summed E-state index contributed by atoms with van der Waals surface area (Å²) in [5.74, 6) is 0.360. The lowest BCUT2D eigenvalue weighted by Gasteiger charge is -2.24. The van der Waals surface area contributed by atoms with Crippen molar-refractivity contribution in [2.24, 2.45) is 0 Å². The molecule has 0 aromatic carbocycles. The Hall–Kier alpha value is -2.41. The maximum Gasteiger partial charge on any atom is 0.355 e. The summed E-state index contributed by atoms with van der Waals surface area (Å²) in [7, 11) is 0. The lowest BCUT2D eigenvalue weighted by molar-refractivity contribution is 0.0519. The van der Waals surface area contributed by atoms with Crippen molar-refractivity contribution >= 4 is 11.9 Å². The lowest BCUT2D eigenvalue weighted by atomic mass is 10.0. The molecule has 7 nitrogen and oxygen atoms in total. The number of nitrogens with zero attached hydrogens (tertiary/aromatic N) is 2. The normalized spacial score (nSPS) is 19.0. The number of aromatic amines is 1. The van der Waals surface area contributed by atoms with Gasteiger partial charge in [0.25, 0.3) is 0 Å². The second kappa shape index (κ2) is 7.68. The molecule has 1 atom stereocenters. The summed E-state index contributed by atoms with van der Waals surface area (Å²) in [5, 5.41) is 6.87. The van der Waals surface area contributed by atoms with Gasteiger partial charge in [-0.2, -0.15) is 0 Å². The van der Waals surface area contributed by atoms with Gasteiger partial charge >= 0.3 is 5.97 Å². The van der Waals surface area contributed by atoms with Gasteiger partial charge in [0.05, 0.1) is 12.3 Å². The number of nitrogens with one attached hydrogen (secondary N) is 3. The Balaban J connectivity index is 1.70. The number of carbonyl (C=O) groups is 1. The minimum Gasteiger partial charge on any atom is -0.461 e. The van der Waals surface area contributed by atoms with Crippen molar-refractivity contribution in [3.05, 3.63) is 28.7 Å². The fourth-order valence-corrected chi connectivity index (χ4v) is 4.06. The number of hydrogen-bond donors (Lipinski definition) is 3. The topological polar surface area (TPSA) is 91.9 Å². The van der Waals surface area contributed by atoms with Crippen LogP contribution in [0.15, 0.2) is 6.20 Å². The third-order valence-corrected chi connectivity index (χ3v) is 5.41. The van der Waals surface area contributed by atoms with Crippen LogP contribution in [0.4, 0.5) is 5.95 Å². The van der Waals surface area contributed by atoms with E-state index in [9.17, 15) is 4.79 Å². The Morgan fingerprint density at radius 3 is 3.04 bits per heavy atom. The number of piperidine rings is 1. The number of anilines is 1. The smallest absolute Gasteiger partial charge is 0.355 e. The van der Waals surface area contributed by atoms with Crippen LogP contribution in [-0.4, -0.2) is 46.7 Å². The predicted octanol–water partition coefficient (Wildman–Crippen LogP) is 2.61. The number of fused-ring (bicyclic) bond motifs is 3. The van der Waals surface area contributed by atoms with Crippen molar-refractivity contribution in [1.29, 1.82) is 0 Å². The van der Waals surface area contributed by atoms with Crippen molar-refractivity contribution in [1.82, 2.24) is 20.3 Å². The lowest BCUT2D eigenvalue weighted by Crippen LogP contribution is -2.38. The molecule has 0 bridgehead atoms. The molecule has 3 heterocycles. The van der Waals surface area contributed by atoms with Crippen molar-refractivity contribution in [2.75, 3.05) is 25.0 Å². The first kappa shape index (κ1) is 18.0. The average molecular weight is 369 g/mol. The summed E-state index contributed by atoms with van der Waals surface area (Å²) >= 11 is 0. The highest BCUT2D eigenvalue weighted by atomic mass is 16.5. The first-order valence-electron chi connectivity index (χ1n) is 9.89. The van der Waals surface area contributed by atoms with Crippen LogP contribution < -0.4 is 10.6 Å². The number of carbonyl (C=O) groups excluding carboxylic acids is 1. The van der Waals surface area contributed by atoms with Crippen molar-refractivity contribution < 1.29 is 9.53 Å². The van der Waals surface area contributed by atoms with Crippen LogP contribution >= 0.6 is 0 Å². The molecule has 27 heavy (non-hydrogen) atoms. The fourth-order valence-electron chi connectivity index (χ4n) is 4.06.